The minimum Gasteiger partial charge on any atom is -0.370 e. The van der Waals surface area contributed by atoms with E-state index in [1.165, 1.54) is 6.20 Å². The van der Waals surface area contributed by atoms with Crippen molar-refractivity contribution in [3.8, 4) is 0 Å². The molecule has 0 atom stereocenters. The maximum Gasteiger partial charge on any atom is 0.251 e. The Bertz CT molecular complexity index is 874. The zero-order chi connectivity index (χ0) is 18.9. The maximum atomic E-state index is 12.7. The van der Waals surface area contributed by atoms with Gasteiger partial charge in [0.2, 0.25) is 0 Å². The highest BCUT2D eigenvalue weighted by Crippen LogP contribution is 2.33. The predicted molar refractivity (Wildman–Crippen MR) is 99.1 cm³/mol. The summed E-state index contributed by atoms with van der Waals surface area (Å²) in [5, 5.41) is 23.8. The molecule has 1 aliphatic carbocycles. The minimum atomic E-state index is -1.62. The number of rotatable bonds is 4. The molecule has 1 heterocycles. The summed E-state index contributed by atoms with van der Waals surface area (Å²) < 4.78 is 0. The van der Waals surface area contributed by atoms with Crippen molar-refractivity contribution in [2.75, 3.05) is 0 Å². The summed E-state index contributed by atoms with van der Waals surface area (Å²) in [4.78, 5) is 20.8. The van der Waals surface area contributed by atoms with Crippen LogP contribution in [0.4, 0.5) is 5.82 Å². The number of aliphatic hydroxyl groups excluding tert-OH is 1. The molecule has 0 spiro atoms. The Balaban J connectivity index is 2.00. The number of aliphatic imine (C=N–C) groups is 1. The van der Waals surface area contributed by atoms with E-state index >= 15 is 0 Å². The topological polar surface area (TPSA) is 147 Å². The van der Waals surface area contributed by atoms with Gasteiger partial charge in [0, 0.05) is 22.5 Å². The highest BCUT2D eigenvalue weighted by molar-refractivity contribution is 6.35. The number of hydrogen-bond donors (Lipinski definition) is 5. The SMILES string of the molecule is NC(N)=Nc1ncc(Cl)c2ccc(C(=O)NC3(C(O)O)CCCC3)cc12. The number of nitrogens with zero attached hydrogens (tertiary/aromatic N) is 2. The average Bonchev–Trinajstić information content (AvgIpc) is 3.06. The summed E-state index contributed by atoms with van der Waals surface area (Å²) in [7, 11) is 0. The van der Waals surface area contributed by atoms with Crippen LogP contribution in [0.3, 0.4) is 0 Å². The summed E-state index contributed by atoms with van der Waals surface area (Å²) in [5.41, 5.74) is 10.2. The minimum absolute atomic E-state index is 0.163. The molecule has 3 rings (SSSR count). The zero-order valence-electron chi connectivity index (χ0n) is 13.9. The van der Waals surface area contributed by atoms with Gasteiger partial charge in [0.05, 0.1) is 10.6 Å². The fraction of sp³-hybridized carbons (Fsp3) is 0.353. The number of fused-ring (bicyclic) bond motifs is 1. The normalized spacial score (nSPS) is 16.0. The lowest BCUT2D eigenvalue weighted by Crippen LogP contribution is -2.54. The van der Waals surface area contributed by atoms with Crippen LogP contribution in [-0.2, 0) is 0 Å². The second-order valence-electron chi connectivity index (χ2n) is 6.42. The Hall–Kier alpha value is -2.42. The van der Waals surface area contributed by atoms with Crippen molar-refractivity contribution in [1.82, 2.24) is 10.3 Å². The quantitative estimate of drug-likeness (QED) is 0.307. The fourth-order valence-electron chi connectivity index (χ4n) is 3.30. The van der Waals surface area contributed by atoms with Crippen LogP contribution >= 0.6 is 11.6 Å². The van der Waals surface area contributed by atoms with Crippen LogP contribution in [0, 0.1) is 0 Å². The number of carbonyl (C=O) groups is 1. The van der Waals surface area contributed by atoms with E-state index in [4.69, 9.17) is 23.1 Å². The van der Waals surface area contributed by atoms with Gasteiger partial charge in [-0.1, -0.05) is 30.5 Å². The van der Waals surface area contributed by atoms with Crippen LogP contribution in [0.15, 0.2) is 29.4 Å². The molecule has 0 aliphatic heterocycles. The lowest BCUT2D eigenvalue weighted by molar-refractivity contribution is -0.103. The highest BCUT2D eigenvalue weighted by Gasteiger charge is 2.41. The molecule has 0 bridgehead atoms. The number of hydrogen-bond acceptors (Lipinski definition) is 5. The Morgan fingerprint density at radius 1 is 1.27 bits per heavy atom. The molecule has 2 aromatic rings. The lowest BCUT2D eigenvalue weighted by Gasteiger charge is -2.32. The molecule has 1 amide bonds. The zero-order valence-corrected chi connectivity index (χ0v) is 14.7. The van der Waals surface area contributed by atoms with Crippen molar-refractivity contribution in [2.45, 2.75) is 37.5 Å². The third-order valence-corrected chi connectivity index (χ3v) is 4.97. The summed E-state index contributed by atoms with van der Waals surface area (Å²) in [6.45, 7) is 0. The van der Waals surface area contributed by atoms with Gasteiger partial charge in [0.15, 0.2) is 18.1 Å². The van der Waals surface area contributed by atoms with Crippen LogP contribution < -0.4 is 16.8 Å². The van der Waals surface area contributed by atoms with Gasteiger partial charge in [-0.05, 0) is 25.0 Å². The van der Waals surface area contributed by atoms with Crippen LogP contribution in [0.5, 0.6) is 0 Å². The molecular formula is C17H20ClN5O3. The van der Waals surface area contributed by atoms with E-state index in [0.717, 1.165) is 12.8 Å². The smallest absolute Gasteiger partial charge is 0.251 e. The number of nitrogens with one attached hydrogen (secondary N) is 1. The molecule has 0 saturated heterocycles. The largest absolute Gasteiger partial charge is 0.370 e. The molecule has 1 aromatic carbocycles. The highest BCUT2D eigenvalue weighted by atomic mass is 35.5. The molecule has 26 heavy (non-hydrogen) atoms. The number of guanidine groups is 1. The summed E-state index contributed by atoms with van der Waals surface area (Å²) >= 11 is 6.16. The van der Waals surface area contributed by atoms with Crippen molar-refractivity contribution < 1.29 is 15.0 Å². The first-order chi connectivity index (χ1) is 12.3. The average molecular weight is 378 g/mol. The molecule has 138 valence electrons. The van der Waals surface area contributed by atoms with Gasteiger partial charge >= 0.3 is 0 Å². The van der Waals surface area contributed by atoms with Gasteiger partial charge < -0.3 is 27.0 Å². The van der Waals surface area contributed by atoms with E-state index in [2.05, 4.69) is 15.3 Å². The third kappa shape index (κ3) is 3.44. The van der Waals surface area contributed by atoms with Crippen LogP contribution in [-0.4, -0.2) is 38.9 Å². The number of aliphatic hydroxyl groups is 2. The number of benzene rings is 1. The van der Waals surface area contributed by atoms with Crippen molar-refractivity contribution in [2.24, 2.45) is 16.5 Å². The van der Waals surface area contributed by atoms with Crippen LogP contribution in [0.1, 0.15) is 36.0 Å². The van der Waals surface area contributed by atoms with Crippen molar-refractivity contribution in [1.29, 1.82) is 0 Å². The van der Waals surface area contributed by atoms with E-state index in [1.807, 2.05) is 0 Å². The molecule has 0 unspecified atom stereocenters. The number of amides is 1. The Morgan fingerprint density at radius 2 is 1.96 bits per heavy atom. The molecule has 1 saturated carbocycles. The monoisotopic (exact) mass is 377 g/mol. The summed E-state index contributed by atoms with van der Waals surface area (Å²) in [6, 6.07) is 4.86. The van der Waals surface area contributed by atoms with E-state index in [0.29, 0.717) is 34.2 Å². The van der Waals surface area contributed by atoms with E-state index in [-0.39, 0.29) is 11.8 Å². The van der Waals surface area contributed by atoms with Crippen molar-refractivity contribution in [3.63, 3.8) is 0 Å². The molecule has 1 aromatic heterocycles. The van der Waals surface area contributed by atoms with Gasteiger partial charge in [-0.3, -0.25) is 4.79 Å². The standard InChI is InChI=1S/C17H20ClN5O3/c18-12-8-21-13(22-16(19)20)11-7-9(3-4-10(11)12)14(24)23-17(15(25)26)5-1-2-6-17/h3-4,7-8,15,25-26H,1-2,5-6H2,(H,23,24)(H4,19,20,21,22). The molecular weight excluding hydrogens is 358 g/mol. The van der Waals surface area contributed by atoms with Crippen molar-refractivity contribution >= 4 is 40.1 Å². The van der Waals surface area contributed by atoms with Crippen LogP contribution in [0.2, 0.25) is 5.02 Å². The molecule has 1 aliphatic rings. The number of pyridine rings is 1. The lowest BCUT2D eigenvalue weighted by atomic mass is 9.96. The molecule has 9 heteroatoms. The number of carbonyl (C=O) groups excluding carboxylic acids is 1. The number of nitrogens with two attached hydrogens (primary N) is 2. The van der Waals surface area contributed by atoms with Crippen molar-refractivity contribution in [3.05, 3.63) is 35.0 Å². The third-order valence-electron chi connectivity index (χ3n) is 4.67. The summed E-state index contributed by atoms with van der Waals surface area (Å²) in [5.74, 6) is -0.335. The van der Waals surface area contributed by atoms with Crippen LogP contribution in [0.25, 0.3) is 10.8 Å². The molecule has 8 nitrogen and oxygen atoms in total. The van der Waals surface area contributed by atoms with Gasteiger partial charge in [-0.15, -0.1) is 0 Å². The molecule has 0 radical (unpaired) electrons. The first-order valence-electron chi connectivity index (χ1n) is 8.19. The Kier molecular flexibility index (Phi) is 4.99. The fourth-order valence-corrected chi connectivity index (χ4v) is 3.51. The molecule has 1 fully saturated rings. The Labute approximate surface area is 154 Å². The number of aromatic nitrogens is 1. The Morgan fingerprint density at radius 3 is 2.58 bits per heavy atom. The van der Waals surface area contributed by atoms with Gasteiger partial charge in [0.1, 0.15) is 0 Å². The van der Waals surface area contributed by atoms with E-state index < -0.39 is 17.7 Å². The second-order valence-corrected chi connectivity index (χ2v) is 6.83. The number of halogens is 1. The predicted octanol–water partition coefficient (Wildman–Crippen LogP) is 1.15. The molecule has 7 N–H and O–H groups in total. The van der Waals surface area contributed by atoms with Gasteiger partial charge in [-0.25, -0.2) is 4.98 Å². The van der Waals surface area contributed by atoms with E-state index in [9.17, 15) is 15.0 Å². The van der Waals surface area contributed by atoms with Gasteiger partial charge in [0.25, 0.3) is 5.91 Å². The van der Waals surface area contributed by atoms with Gasteiger partial charge in [-0.2, -0.15) is 4.99 Å². The maximum absolute atomic E-state index is 12.7. The first kappa shape index (κ1) is 18.4. The second kappa shape index (κ2) is 7.06. The summed E-state index contributed by atoms with van der Waals surface area (Å²) in [6.07, 6.45) is 2.48. The first-order valence-corrected chi connectivity index (χ1v) is 8.57. The van der Waals surface area contributed by atoms with E-state index in [1.54, 1.807) is 18.2 Å².